The lowest BCUT2D eigenvalue weighted by Crippen LogP contribution is -2.58. The second-order valence-corrected chi connectivity index (χ2v) is 10.3. The predicted molar refractivity (Wildman–Crippen MR) is 119 cm³/mol. The summed E-state index contributed by atoms with van der Waals surface area (Å²) >= 11 is 0. The average molecular weight is 433 g/mol. The van der Waals surface area contributed by atoms with E-state index in [-0.39, 0.29) is 18.2 Å². The quantitative estimate of drug-likeness (QED) is 0.768. The van der Waals surface area contributed by atoms with Crippen LogP contribution in [0.25, 0.3) is 10.9 Å². The van der Waals surface area contributed by atoms with Crippen molar-refractivity contribution in [1.29, 1.82) is 5.26 Å². The number of carbonyl (C=O) groups excluding carboxylic acids is 1. The van der Waals surface area contributed by atoms with Crippen LogP contribution in [0.4, 0.5) is 10.6 Å². The molecule has 0 radical (unpaired) electrons. The Morgan fingerprint density at radius 3 is 2.78 bits per heavy atom. The van der Waals surface area contributed by atoms with Gasteiger partial charge in [0.05, 0.1) is 22.8 Å². The van der Waals surface area contributed by atoms with Gasteiger partial charge in [0.1, 0.15) is 11.9 Å². The maximum absolute atomic E-state index is 12.9. The molecule has 0 spiro atoms. The summed E-state index contributed by atoms with van der Waals surface area (Å²) in [6, 6.07) is 11.6. The molecule has 2 heterocycles. The largest absolute Gasteiger partial charge is 0.446 e. The minimum atomic E-state index is -0.509. The molecule has 5 aliphatic rings. The molecule has 4 bridgehead atoms. The number of anilines is 1. The first-order valence-electron chi connectivity index (χ1n) is 11.7. The van der Waals surface area contributed by atoms with E-state index in [0.717, 1.165) is 55.2 Å². The van der Waals surface area contributed by atoms with Gasteiger partial charge in [-0.1, -0.05) is 0 Å². The molecule has 1 amide bonds. The van der Waals surface area contributed by atoms with E-state index in [2.05, 4.69) is 16.4 Å². The van der Waals surface area contributed by atoms with Crippen LogP contribution in [0.3, 0.4) is 0 Å². The lowest BCUT2D eigenvalue weighted by atomic mass is 9.53. The number of carbonyl (C=O) groups is 1. The Morgan fingerprint density at radius 1 is 1.22 bits per heavy atom. The number of likely N-dealkylation sites (tertiary alicyclic amines) is 1. The molecular weight excluding hydrogens is 404 g/mol. The van der Waals surface area contributed by atoms with E-state index in [1.807, 2.05) is 24.3 Å². The van der Waals surface area contributed by atoms with Gasteiger partial charge >= 0.3 is 6.09 Å². The summed E-state index contributed by atoms with van der Waals surface area (Å²) in [6.07, 6.45) is 5.27. The van der Waals surface area contributed by atoms with Gasteiger partial charge in [-0.15, -0.1) is 0 Å². The Balaban J connectivity index is 1.07. The number of ether oxygens (including phenoxy) is 1. The fourth-order valence-corrected chi connectivity index (χ4v) is 6.85. The first-order valence-corrected chi connectivity index (χ1v) is 11.7. The molecular formula is C25H28N4O3. The summed E-state index contributed by atoms with van der Waals surface area (Å²) in [7, 11) is 0. The number of nitrogens with zero attached hydrogens (tertiary/aromatic N) is 3. The van der Waals surface area contributed by atoms with Crippen molar-refractivity contribution in [3.05, 3.63) is 35.9 Å². The monoisotopic (exact) mass is 432 g/mol. The third-order valence-corrected chi connectivity index (χ3v) is 8.01. The summed E-state index contributed by atoms with van der Waals surface area (Å²) in [6.45, 7) is 1.27. The van der Waals surface area contributed by atoms with E-state index < -0.39 is 5.60 Å². The highest BCUT2D eigenvalue weighted by molar-refractivity contribution is 5.81. The van der Waals surface area contributed by atoms with Gasteiger partial charge in [0.25, 0.3) is 0 Å². The molecule has 2 N–H and O–H groups in total. The number of amides is 1. The van der Waals surface area contributed by atoms with Crippen LogP contribution in [-0.2, 0) is 4.74 Å². The number of aromatic nitrogens is 1. The van der Waals surface area contributed by atoms with Gasteiger partial charge < -0.3 is 20.1 Å². The van der Waals surface area contributed by atoms with Crippen molar-refractivity contribution in [2.45, 2.75) is 56.3 Å². The third-order valence-electron chi connectivity index (χ3n) is 8.01. The standard InChI is InChI=1S/C25H28N4O3/c26-13-15-1-3-21-17(7-15)2-4-22(28-21)27-20-5-6-29(14-20)24(30)32-23-18-8-16-9-19(23)12-25(31,10-16)11-18/h1-4,7,16,18-20,23,31H,5-6,8-12,14H2,(H,27,28)/t16?,18-,19?,20+,23?,25-/m0/s1. The van der Waals surface area contributed by atoms with E-state index in [1.54, 1.807) is 11.0 Å². The molecule has 4 saturated carbocycles. The summed E-state index contributed by atoms with van der Waals surface area (Å²) in [5.41, 5.74) is 0.954. The Kier molecular flexibility index (Phi) is 4.55. The van der Waals surface area contributed by atoms with Gasteiger partial charge in [0.15, 0.2) is 0 Å². The smallest absolute Gasteiger partial charge is 0.410 e. The lowest BCUT2D eigenvalue weighted by molar-refractivity contribution is -0.177. The molecule has 166 valence electrons. The van der Waals surface area contributed by atoms with Crippen molar-refractivity contribution in [3.8, 4) is 6.07 Å². The van der Waals surface area contributed by atoms with Crippen molar-refractivity contribution in [3.63, 3.8) is 0 Å². The molecule has 32 heavy (non-hydrogen) atoms. The minimum absolute atomic E-state index is 0.0354. The second-order valence-electron chi connectivity index (χ2n) is 10.3. The van der Waals surface area contributed by atoms with E-state index in [9.17, 15) is 9.90 Å². The molecule has 7 rings (SSSR count). The van der Waals surface area contributed by atoms with Crippen LogP contribution >= 0.6 is 0 Å². The number of fused-ring (bicyclic) bond motifs is 1. The first kappa shape index (κ1) is 19.8. The number of rotatable bonds is 3. The molecule has 2 aromatic rings. The van der Waals surface area contributed by atoms with Crippen molar-refractivity contribution >= 4 is 22.8 Å². The van der Waals surface area contributed by atoms with Crippen LogP contribution in [0.15, 0.2) is 30.3 Å². The number of pyridine rings is 1. The first-order chi connectivity index (χ1) is 15.5. The molecule has 5 fully saturated rings. The van der Waals surface area contributed by atoms with E-state index in [0.29, 0.717) is 36.4 Å². The van der Waals surface area contributed by atoms with Crippen molar-refractivity contribution in [2.24, 2.45) is 17.8 Å². The Bertz CT molecular complexity index is 1100. The molecule has 6 atom stereocenters. The average Bonchev–Trinajstić information content (AvgIpc) is 3.23. The van der Waals surface area contributed by atoms with Gasteiger partial charge in [-0.3, -0.25) is 0 Å². The summed E-state index contributed by atoms with van der Waals surface area (Å²) < 4.78 is 6.04. The normalized spacial score (nSPS) is 35.1. The van der Waals surface area contributed by atoms with Crippen LogP contribution in [0, 0.1) is 29.1 Å². The highest BCUT2D eigenvalue weighted by Gasteiger charge is 2.56. The summed E-state index contributed by atoms with van der Waals surface area (Å²) in [5, 5.41) is 24.2. The highest BCUT2D eigenvalue weighted by Crippen LogP contribution is 2.56. The Hall–Kier alpha value is -2.85. The molecule has 1 aromatic carbocycles. The van der Waals surface area contributed by atoms with Crippen LogP contribution in [0.2, 0.25) is 0 Å². The number of hydrogen-bond donors (Lipinski definition) is 2. The number of hydrogen-bond acceptors (Lipinski definition) is 6. The molecule has 3 unspecified atom stereocenters. The zero-order valence-corrected chi connectivity index (χ0v) is 18.0. The molecule has 7 heteroatoms. The number of nitrogens with one attached hydrogen (secondary N) is 1. The third kappa shape index (κ3) is 3.47. The number of benzene rings is 1. The molecule has 1 saturated heterocycles. The SMILES string of the molecule is N#Cc1ccc2nc(N[C@@H]3CCN(C(=O)OC4C5CC6C[C@H]4C[C@@](O)(C6)C5)C3)ccc2c1. The van der Waals surface area contributed by atoms with Crippen LogP contribution in [0.1, 0.15) is 44.1 Å². The van der Waals surface area contributed by atoms with Crippen LogP contribution in [0.5, 0.6) is 0 Å². The van der Waals surface area contributed by atoms with Gasteiger partial charge in [-0.05, 0) is 86.6 Å². The summed E-state index contributed by atoms with van der Waals surface area (Å²) in [4.78, 5) is 19.4. The van der Waals surface area contributed by atoms with E-state index in [1.165, 1.54) is 0 Å². The van der Waals surface area contributed by atoms with Crippen molar-refractivity contribution in [2.75, 3.05) is 18.4 Å². The lowest BCUT2D eigenvalue weighted by Gasteiger charge is -2.57. The highest BCUT2D eigenvalue weighted by atomic mass is 16.6. The van der Waals surface area contributed by atoms with Gasteiger partial charge in [0.2, 0.25) is 0 Å². The maximum atomic E-state index is 12.9. The second kappa shape index (κ2) is 7.35. The molecule has 1 aromatic heterocycles. The van der Waals surface area contributed by atoms with Gasteiger partial charge in [-0.25, -0.2) is 9.78 Å². The molecule has 4 aliphatic carbocycles. The predicted octanol–water partition coefficient (Wildman–Crippen LogP) is 3.67. The summed E-state index contributed by atoms with van der Waals surface area (Å²) in [5.74, 6) is 2.01. The minimum Gasteiger partial charge on any atom is -0.446 e. The van der Waals surface area contributed by atoms with Crippen molar-refractivity contribution in [1.82, 2.24) is 9.88 Å². The maximum Gasteiger partial charge on any atom is 0.410 e. The van der Waals surface area contributed by atoms with Crippen molar-refractivity contribution < 1.29 is 14.6 Å². The Labute approximate surface area is 187 Å². The zero-order chi connectivity index (χ0) is 21.9. The van der Waals surface area contributed by atoms with E-state index in [4.69, 9.17) is 10.00 Å². The number of aliphatic hydroxyl groups is 1. The molecule has 1 aliphatic heterocycles. The topological polar surface area (TPSA) is 98.5 Å². The zero-order valence-electron chi connectivity index (χ0n) is 18.0. The Morgan fingerprint density at radius 2 is 2.03 bits per heavy atom. The van der Waals surface area contributed by atoms with Gasteiger partial charge in [-0.2, -0.15) is 5.26 Å². The molecule has 7 nitrogen and oxygen atoms in total. The van der Waals surface area contributed by atoms with Crippen LogP contribution < -0.4 is 5.32 Å². The van der Waals surface area contributed by atoms with E-state index >= 15 is 0 Å². The van der Waals surface area contributed by atoms with Gasteiger partial charge in [0, 0.05) is 24.5 Å². The fourth-order valence-electron chi connectivity index (χ4n) is 6.85. The van der Waals surface area contributed by atoms with Crippen LogP contribution in [-0.4, -0.2) is 51.9 Å². The number of nitriles is 1. The fraction of sp³-hybridized carbons (Fsp3) is 0.560.